The van der Waals surface area contributed by atoms with Crippen LogP contribution in [0.3, 0.4) is 0 Å². The van der Waals surface area contributed by atoms with Gasteiger partial charge >= 0.3 is 5.97 Å². The molecule has 5 nitrogen and oxygen atoms in total. The molecule has 3 aromatic carbocycles. The molecule has 1 saturated carbocycles. The van der Waals surface area contributed by atoms with Crippen molar-refractivity contribution in [3.05, 3.63) is 107 Å². The average molecular weight is 505 g/mol. The van der Waals surface area contributed by atoms with Gasteiger partial charge in [0.05, 0.1) is 12.3 Å². The lowest BCUT2D eigenvalue weighted by Crippen LogP contribution is -2.44. The first-order valence-electron chi connectivity index (χ1n) is 12.4. The number of likely N-dealkylation sites (N-methyl/N-ethyl adjacent to an activating group) is 1. The third kappa shape index (κ3) is 5.32. The van der Waals surface area contributed by atoms with Crippen molar-refractivity contribution in [1.29, 1.82) is 0 Å². The molecule has 1 fully saturated rings. The fourth-order valence-corrected chi connectivity index (χ4v) is 4.99. The number of esters is 1. The highest BCUT2D eigenvalue weighted by Gasteiger charge is 2.45. The number of nitrogens with two attached hydrogens (primary N) is 1. The molecule has 2 N–H and O–H groups in total. The molecule has 1 aliphatic rings. The molecule has 6 heteroatoms. The van der Waals surface area contributed by atoms with Crippen molar-refractivity contribution in [2.24, 2.45) is 17.6 Å². The normalized spacial score (nSPS) is 15.1. The van der Waals surface area contributed by atoms with E-state index in [4.69, 9.17) is 22.1 Å². The summed E-state index contributed by atoms with van der Waals surface area (Å²) < 4.78 is 6.48. The Labute approximate surface area is 218 Å². The smallest absolute Gasteiger partial charge is 0.308 e. The van der Waals surface area contributed by atoms with Gasteiger partial charge in [0, 0.05) is 41.3 Å². The Bertz CT molecular complexity index is 1140. The van der Waals surface area contributed by atoms with E-state index in [1.807, 2.05) is 85.8 Å². The van der Waals surface area contributed by atoms with Crippen LogP contribution in [-0.2, 0) is 19.9 Å². The van der Waals surface area contributed by atoms with E-state index >= 15 is 0 Å². The lowest BCUT2D eigenvalue weighted by molar-refractivity contribution is -0.157. The minimum atomic E-state index is -1.27. The van der Waals surface area contributed by atoms with Crippen molar-refractivity contribution in [2.75, 3.05) is 13.6 Å². The van der Waals surface area contributed by atoms with Crippen LogP contribution in [0.25, 0.3) is 0 Å². The molecular weight excluding hydrogens is 472 g/mol. The van der Waals surface area contributed by atoms with E-state index in [0.29, 0.717) is 17.1 Å². The number of carbonyl (C=O) groups excluding carboxylic acids is 2. The molecule has 4 rings (SSSR count). The summed E-state index contributed by atoms with van der Waals surface area (Å²) in [6.07, 6.45) is 1.86. The fraction of sp³-hybridized carbons (Fsp3) is 0.333. The van der Waals surface area contributed by atoms with Gasteiger partial charge in [0.1, 0.15) is 0 Å². The molecule has 0 heterocycles. The Hall–Kier alpha value is -3.15. The van der Waals surface area contributed by atoms with E-state index in [2.05, 4.69) is 0 Å². The number of rotatable bonds is 10. The van der Waals surface area contributed by atoms with Gasteiger partial charge in [0.2, 0.25) is 5.91 Å². The van der Waals surface area contributed by atoms with Crippen LogP contribution in [0.4, 0.5) is 0 Å². The summed E-state index contributed by atoms with van der Waals surface area (Å²) in [4.78, 5) is 28.7. The molecule has 0 saturated heterocycles. The summed E-state index contributed by atoms with van der Waals surface area (Å²) >= 11 is 6.74. The lowest BCUT2D eigenvalue weighted by Gasteiger charge is -2.36. The monoisotopic (exact) mass is 504 g/mol. The summed E-state index contributed by atoms with van der Waals surface area (Å²) in [5.41, 5.74) is 6.75. The largest absolute Gasteiger partial charge is 0.444 e. The molecular formula is C30H33ClN2O3. The van der Waals surface area contributed by atoms with Crippen LogP contribution in [0.15, 0.2) is 84.9 Å². The summed E-state index contributed by atoms with van der Waals surface area (Å²) in [7, 11) is 1.75. The quantitative estimate of drug-likeness (QED) is 0.296. The van der Waals surface area contributed by atoms with E-state index in [1.165, 1.54) is 0 Å². The van der Waals surface area contributed by atoms with Crippen LogP contribution in [-0.4, -0.2) is 36.4 Å². The predicted molar refractivity (Wildman–Crippen MR) is 142 cm³/mol. The summed E-state index contributed by atoms with van der Waals surface area (Å²) in [5.74, 6) is -0.760. The van der Waals surface area contributed by atoms with Crippen LogP contribution in [0.2, 0.25) is 5.02 Å². The Morgan fingerprint density at radius 1 is 0.972 bits per heavy atom. The van der Waals surface area contributed by atoms with E-state index < -0.39 is 17.5 Å². The minimum Gasteiger partial charge on any atom is -0.444 e. The second kappa shape index (κ2) is 11.3. The van der Waals surface area contributed by atoms with Crippen molar-refractivity contribution in [3.63, 3.8) is 0 Å². The van der Waals surface area contributed by atoms with Gasteiger partial charge in [0.25, 0.3) is 0 Å². The first-order chi connectivity index (χ1) is 17.4. The maximum atomic E-state index is 13.7. The molecule has 0 radical (unpaired) electrons. The van der Waals surface area contributed by atoms with Crippen LogP contribution in [0.5, 0.6) is 0 Å². The highest BCUT2D eigenvalue weighted by molar-refractivity contribution is 6.31. The van der Waals surface area contributed by atoms with Crippen molar-refractivity contribution in [1.82, 2.24) is 4.90 Å². The van der Waals surface area contributed by atoms with E-state index in [-0.39, 0.29) is 24.3 Å². The number of hydrogen-bond donors (Lipinski definition) is 1. The molecule has 0 bridgehead atoms. The number of ether oxygens (including phenoxy) is 1. The van der Waals surface area contributed by atoms with Gasteiger partial charge < -0.3 is 15.4 Å². The molecule has 2 atom stereocenters. The summed E-state index contributed by atoms with van der Waals surface area (Å²) in [6, 6.07) is 26.5. The average Bonchev–Trinajstić information content (AvgIpc) is 3.76. The van der Waals surface area contributed by atoms with Gasteiger partial charge in [-0.3, -0.25) is 9.59 Å². The lowest BCUT2D eigenvalue weighted by atomic mass is 9.80. The number of hydrogen-bond acceptors (Lipinski definition) is 4. The topological polar surface area (TPSA) is 72.6 Å². The molecule has 1 aliphatic carbocycles. The van der Waals surface area contributed by atoms with Crippen molar-refractivity contribution < 1.29 is 14.3 Å². The number of benzene rings is 3. The summed E-state index contributed by atoms with van der Waals surface area (Å²) in [5, 5.41) is 0.490. The zero-order valence-corrected chi connectivity index (χ0v) is 21.5. The van der Waals surface area contributed by atoms with Crippen LogP contribution >= 0.6 is 11.6 Å². The maximum Gasteiger partial charge on any atom is 0.308 e. The number of nitrogens with zero attached hydrogens (tertiary/aromatic N) is 1. The molecule has 188 valence electrons. The first-order valence-corrected chi connectivity index (χ1v) is 12.8. The Balaban J connectivity index is 1.76. The van der Waals surface area contributed by atoms with Crippen LogP contribution in [0.1, 0.15) is 42.9 Å². The molecule has 0 aliphatic heterocycles. The molecule has 0 unspecified atom stereocenters. The zero-order valence-electron chi connectivity index (χ0n) is 20.8. The van der Waals surface area contributed by atoms with Gasteiger partial charge in [-0.15, -0.1) is 0 Å². The van der Waals surface area contributed by atoms with E-state index in [0.717, 1.165) is 24.0 Å². The predicted octanol–water partition coefficient (Wildman–Crippen LogP) is 5.40. The Morgan fingerprint density at radius 3 is 2.00 bits per heavy atom. The van der Waals surface area contributed by atoms with Crippen LogP contribution < -0.4 is 5.73 Å². The third-order valence-electron chi connectivity index (χ3n) is 7.13. The van der Waals surface area contributed by atoms with Crippen molar-refractivity contribution in [3.8, 4) is 0 Å². The number of carbonyl (C=O) groups is 2. The second-order valence-corrected chi connectivity index (χ2v) is 9.96. The standard InChI is InChI=1S/C30H33ClN2O3/c1-21(20-32)33(2)29(35)25(22-17-18-22)19-28(34)36-30(23-11-5-3-6-12-23,24-13-7-4-8-14-24)26-15-9-10-16-27(26)31/h3-16,21-22,25H,17-20,32H2,1-2H3/t21-,25-/m0/s1. The van der Waals surface area contributed by atoms with Gasteiger partial charge in [0.15, 0.2) is 5.60 Å². The minimum absolute atomic E-state index is 0.00298. The zero-order chi connectivity index (χ0) is 25.7. The molecule has 3 aromatic rings. The molecule has 0 spiro atoms. The fourth-order valence-electron chi connectivity index (χ4n) is 4.73. The number of amides is 1. The van der Waals surface area contributed by atoms with Crippen molar-refractivity contribution in [2.45, 2.75) is 37.8 Å². The summed E-state index contributed by atoms with van der Waals surface area (Å²) in [6.45, 7) is 2.27. The first kappa shape index (κ1) is 25.9. The van der Waals surface area contributed by atoms with Gasteiger partial charge in [-0.25, -0.2) is 0 Å². The van der Waals surface area contributed by atoms with E-state index in [1.54, 1.807) is 18.0 Å². The van der Waals surface area contributed by atoms with Crippen molar-refractivity contribution >= 4 is 23.5 Å². The van der Waals surface area contributed by atoms with E-state index in [9.17, 15) is 9.59 Å². The van der Waals surface area contributed by atoms with Gasteiger partial charge in [-0.1, -0.05) is 90.5 Å². The second-order valence-electron chi connectivity index (χ2n) is 9.55. The molecule has 1 amide bonds. The van der Waals surface area contributed by atoms with Crippen LogP contribution in [0, 0.1) is 11.8 Å². The highest BCUT2D eigenvalue weighted by Crippen LogP contribution is 2.45. The van der Waals surface area contributed by atoms with Gasteiger partial charge in [-0.05, 0) is 31.7 Å². The maximum absolute atomic E-state index is 13.7. The SMILES string of the molecule is C[C@@H](CN)N(C)C(=O)[C@@H](CC(=O)OC(c1ccccc1)(c1ccccc1)c1ccccc1Cl)C1CC1. The number of halogens is 1. The highest BCUT2D eigenvalue weighted by atomic mass is 35.5. The molecule has 0 aromatic heterocycles. The molecule has 36 heavy (non-hydrogen) atoms. The Kier molecular flexibility index (Phi) is 8.12. The third-order valence-corrected chi connectivity index (χ3v) is 7.46. The van der Waals surface area contributed by atoms with Gasteiger partial charge in [-0.2, -0.15) is 0 Å². The Morgan fingerprint density at radius 2 is 1.50 bits per heavy atom.